The summed E-state index contributed by atoms with van der Waals surface area (Å²) in [6, 6.07) is 0. The molecule has 0 bridgehead atoms. The summed E-state index contributed by atoms with van der Waals surface area (Å²) in [5.74, 6) is -1.00. The maximum atomic E-state index is 11.3. The molecule has 0 aromatic carbocycles. The van der Waals surface area contributed by atoms with Gasteiger partial charge < -0.3 is 18.4 Å². The first-order valence-corrected chi connectivity index (χ1v) is 4.43. The quantitative estimate of drug-likeness (QED) is 0.264. The number of hydrogen-bond acceptors (Lipinski definition) is 5. The number of nitrogens with one attached hydrogen (secondary N) is 1. The lowest BCUT2D eigenvalue weighted by atomic mass is 10.5. The number of nitrogens with zero attached hydrogens (tertiary/aromatic N) is 1. The summed E-state index contributed by atoms with van der Waals surface area (Å²) in [6.07, 6.45) is 0. The molecule has 1 aliphatic rings. The third-order valence-electron chi connectivity index (χ3n) is 1.42. The Morgan fingerprint density at radius 3 is 2.38 bits per heavy atom. The number of thioether (sulfide) groups is 1. The first kappa shape index (κ1) is 10.0. The fourth-order valence-corrected chi connectivity index (χ4v) is 1.76. The number of imide groups is 1. The van der Waals surface area contributed by atoms with E-state index in [2.05, 4.69) is 0 Å². The molecular formula is C6H6N3O2S2-. The van der Waals surface area contributed by atoms with E-state index < -0.39 is 11.8 Å². The van der Waals surface area contributed by atoms with Gasteiger partial charge in [0, 0.05) is 7.05 Å². The number of rotatable bonds is 1. The molecule has 0 saturated heterocycles. The van der Waals surface area contributed by atoms with Gasteiger partial charge in [0.1, 0.15) is 0 Å². The monoisotopic (exact) mass is 216 g/mol. The van der Waals surface area contributed by atoms with Crippen LogP contribution in [0.3, 0.4) is 0 Å². The Labute approximate surface area is 84.3 Å². The largest absolute Gasteiger partial charge is 0.773 e. The second kappa shape index (κ2) is 3.35. The predicted octanol–water partition coefficient (Wildman–Crippen LogP) is -0.630. The average molecular weight is 216 g/mol. The van der Waals surface area contributed by atoms with Crippen molar-refractivity contribution in [3.05, 3.63) is 9.81 Å². The molecule has 0 fully saturated rings. The average Bonchev–Trinajstić information content (AvgIpc) is 2.22. The molecule has 70 valence electrons. The molecule has 1 aliphatic heterocycles. The highest BCUT2D eigenvalue weighted by molar-refractivity contribution is 8.18. The molecule has 0 atom stereocenters. The van der Waals surface area contributed by atoms with Crippen LogP contribution in [0.25, 0.3) is 0 Å². The highest BCUT2D eigenvalue weighted by atomic mass is 32.2. The third kappa shape index (κ3) is 1.65. The van der Waals surface area contributed by atoms with Crippen molar-refractivity contribution in [3.63, 3.8) is 0 Å². The molecule has 0 aromatic rings. The Hall–Kier alpha value is -1.08. The lowest BCUT2D eigenvalue weighted by Gasteiger charge is -2.07. The molecule has 1 rings (SSSR count). The molecule has 0 spiro atoms. The van der Waals surface area contributed by atoms with Crippen LogP contribution in [0.15, 0.2) is 9.81 Å². The fourth-order valence-electron chi connectivity index (χ4n) is 0.791. The van der Waals surface area contributed by atoms with Crippen LogP contribution in [0, 0.1) is 5.41 Å². The zero-order chi connectivity index (χ0) is 10.2. The first-order chi connectivity index (χ1) is 5.95. The Morgan fingerprint density at radius 1 is 1.54 bits per heavy atom. The molecule has 3 N–H and O–H groups in total. The minimum atomic E-state index is -0.510. The summed E-state index contributed by atoms with van der Waals surface area (Å²) >= 11 is 5.42. The Kier molecular flexibility index (Phi) is 2.58. The zero-order valence-electron chi connectivity index (χ0n) is 6.66. The van der Waals surface area contributed by atoms with E-state index in [1.165, 1.54) is 7.05 Å². The van der Waals surface area contributed by atoms with Crippen molar-refractivity contribution in [2.75, 3.05) is 7.05 Å². The topological polar surface area (TPSA) is 87.2 Å². The van der Waals surface area contributed by atoms with E-state index in [1.807, 2.05) is 0 Å². The van der Waals surface area contributed by atoms with E-state index in [-0.39, 0.29) is 15.0 Å². The van der Waals surface area contributed by atoms with Crippen molar-refractivity contribution in [1.82, 2.24) is 4.90 Å². The second-order valence-corrected chi connectivity index (χ2v) is 3.75. The Morgan fingerprint density at radius 2 is 2.08 bits per heavy atom. The summed E-state index contributed by atoms with van der Waals surface area (Å²) in [5, 5.41) is 6.69. The molecule has 0 unspecified atom stereocenters. The summed E-state index contributed by atoms with van der Waals surface area (Å²) in [5.41, 5.74) is 5.07. The normalized spacial score (nSPS) is 17.2. The van der Waals surface area contributed by atoms with Crippen LogP contribution in [0.1, 0.15) is 0 Å². The van der Waals surface area contributed by atoms with E-state index in [1.54, 1.807) is 0 Å². The highest BCUT2D eigenvalue weighted by Gasteiger charge is 2.29. The van der Waals surface area contributed by atoms with Gasteiger partial charge in [-0.05, 0) is 11.8 Å². The predicted molar refractivity (Wildman–Crippen MR) is 51.7 cm³/mol. The highest BCUT2D eigenvalue weighted by Crippen LogP contribution is 2.27. The Balaban J connectivity index is 3.01. The first-order valence-electron chi connectivity index (χ1n) is 3.20. The van der Waals surface area contributed by atoms with Crippen LogP contribution in [0.2, 0.25) is 0 Å². The van der Waals surface area contributed by atoms with Crippen molar-refractivity contribution in [1.29, 1.82) is 5.41 Å². The van der Waals surface area contributed by atoms with Crippen LogP contribution < -0.4 is 5.73 Å². The molecule has 7 heteroatoms. The minimum absolute atomic E-state index is 0.0623. The standard InChI is InChI=1S/C6H7N3O2S2/c1-9-4(10)2(12)3(5(9)11)13-6(7)8/h12H,1H3,(H3,7,8)/p-1. The van der Waals surface area contributed by atoms with Gasteiger partial charge in [-0.3, -0.25) is 19.9 Å². The summed E-state index contributed by atoms with van der Waals surface area (Å²) in [7, 11) is 1.34. The van der Waals surface area contributed by atoms with Gasteiger partial charge in [-0.25, -0.2) is 0 Å². The van der Waals surface area contributed by atoms with Crippen LogP contribution in [-0.4, -0.2) is 28.9 Å². The van der Waals surface area contributed by atoms with E-state index in [9.17, 15) is 9.59 Å². The van der Waals surface area contributed by atoms with E-state index >= 15 is 0 Å². The van der Waals surface area contributed by atoms with E-state index in [0.29, 0.717) is 11.8 Å². The van der Waals surface area contributed by atoms with Gasteiger partial charge in [0.25, 0.3) is 5.91 Å². The molecule has 0 aliphatic carbocycles. The van der Waals surface area contributed by atoms with Crippen molar-refractivity contribution in [2.24, 2.45) is 5.73 Å². The number of amides is 2. The number of nitrogens with two attached hydrogens (primary N) is 1. The zero-order valence-corrected chi connectivity index (χ0v) is 8.29. The van der Waals surface area contributed by atoms with Crippen molar-refractivity contribution in [3.8, 4) is 0 Å². The summed E-state index contributed by atoms with van der Waals surface area (Å²) in [6.45, 7) is 0. The molecule has 13 heavy (non-hydrogen) atoms. The molecule has 2 amide bonds. The molecule has 0 aromatic heterocycles. The van der Waals surface area contributed by atoms with Crippen LogP contribution in [-0.2, 0) is 22.2 Å². The van der Waals surface area contributed by atoms with Gasteiger partial charge in [-0.15, -0.1) is 0 Å². The van der Waals surface area contributed by atoms with E-state index in [4.69, 9.17) is 23.8 Å². The second-order valence-electron chi connectivity index (χ2n) is 2.29. The molecular weight excluding hydrogens is 210 g/mol. The fraction of sp³-hybridized carbons (Fsp3) is 0.167. The van der Waals surface area contributed by atoms with Gasteiger partial charge >= 0.3 is 0 Å². The summed E-state index contributed by atoms with van der Waals surface area (Å²) in [4.78, 5) is 23.3. The third-order valence-corrected chi connectivity index (χ3v) is 2.73. The van der Waals surface area contributed by atoms with Crippen LogP contribution in [0.4, 0.5) is 0 Å². The van der Waals surface area contributed by atoms with Gasteiger partial charge in [0.2, 0.25) is 5.91 Å². The smallest absolute Gasteiger partial charge is 0.265 e. The minimum Gasteiger partial charge on any atom is -0.773 e. The van der Waals surface area contributed by atoms with Gasteiger partial charge in [-0.2, -0.15) is 0 Å². The van der Waals surface area contributed by atoms with E-state index in [0.717, 1.165) is 4.90 Å². The van der Waals surface area contributed by atoms with Gasteiger partial charge in [-0.1, -0.05) is 4.91 Å². The maximum Gasteiger partial charge on any atom is 0.265 e. The van der Waals surface area contributed by atoms with Gasteiger partial charge in [0.05, 0.1) is 4.91 Å². The van der Waals surface area contributed by atoms with Crippen LogP contribution in [0.5, 0.6) is 0 Å². The van der Waals surface area contributed by atoms with Crippen LogP contribution >= 0.6 is 11.8 Å². The lowest BCUT2D eigenvalue weighted by Crippen LogP contribution is -2.26. The van der Waals surface area contributed by atoms with Crippen molar-refractivity contribution >= 4 is 41.4 Å². The number of likely N-dealkylation sites (N-methyl/N-ethyl adjacent to an activating group) is 1. The SMILES string of the molecule is CN1C(=O)C([S-])=C(SC(=N)N)C1=O. The Bertz CT molecular complexity index is 337. The van der Waals surface area contributed by atoms with Gasteiger partial charge in [0.15, 0.2) is 5.17 Å². The molecule has 0 saturated carbocycles. The molecule has 1 heterocycles. The maximum absolute atomic E-state index is 11.3. The summed E-state index contributed by atoms with van der Waals surface area (Å²) < 4.78 is 0. The van der Waals surface area contributed by atoms with Crippen molar-refractivity contribution in [2.45, 2.75) is 0 Å². The molecule has 0 radical (unpaired) electrons. The lowest BCUT2D eigenvalue weighted by molar-refractivity contribution is -0.135. The number of amidine groups is 1. The van der Waals surface area contributed by atoms with Crippen molar-refractivity contribution < 1.29 is 9.59 Å². The number of carbonyl (C=O) groups excluding carboxylic acids is 2. The number of carbonyl (C=O) groups is 2. The number of hydrogen-bond donors (Lipinski definition) is 2. The molecule has 5 nitrogen and oxygen atoms in total.